The van der Waals surface area contributed by atoms with Crippen LogP contribution in [0.3, 0.4) is 0 Å². The van der Waals surface area contributed by atoms with Crippen molar-refractivity contribution < 1.29 is 32.4 Å². The van der Waals surface area contributed by atoms with E-state index < -0.39 is 52.6 Å². The first-order chi connectivity index (χ1) is 9.87. The minimum atomic E-state index is -4.18. The van der Waals surface area contributed by atoms with Crippen LogP contribution in [0.15, 0.2) is 12.1 Å². The number of anilines is 1. The smallest absolute Gasteiger partial charge is 0.423 e. The van der Waals surface area contributed by atoms with Crippen molar-refractivity contribution in [3.8, 4) is 0 Å². The molecule has 0 spiro atoms. The lowest BCUT2D eigenvalue weighted by Crippen LogP contribution is -2.38. The molecular formula is C10H9BCl2F4N2O3. The number of carbonyl (C=O) groups excluding carboxylic acids is 1. The highest BCUT2D eigenvalue weighted by Gasteiger charge is 2.40. The van der Waals surface area contributed by atoms with Crippen LogP contribution >= 0.6 is 23.2 Å². The molecule has 0 atom stereocenters. The molecule has 0 unspecified atom stereocenters. The standard InChI is InChI=1S/C10H9BCl2F4N2O3/c12-9(14,15)4-1-5(11(21)22)8(10(13,16)17)6(2-4)19-7(20)3-18/h1-2,21-22H,3,18H2,(H,19,20). The Hall–Kier alpha value is -1.07. The normalized spacial score (nSPS) is 12.2. The van der Waals surface area contributed by atoms with E-state index in [0.29, 0.717) is 12.1 Å². The number of nitrogens with one attached hydrogen (secondary N) is 1. The predicted molar refractivity (Wildman–Crippen MR) is 73.4 cm³/mol. The summed E-state index contributed by atoms with van der Waals surface area (Å²) in [6.45, 7) is -0.633. The molecular weight excluding hydrogens is 354 g/mol. The Bertz CT molecular complexity index is 579. The number of alkyl halides is 6. The molecule has 0 saturated heterocycles. The van der Waals surface area contributed by atoms with E-state index in [4.69, 9.17) is 39.0 Å². The van der Waals surface area contributed by atoms with E-state index in [1.807, 2.05) is 5.32 Å². The minimum absolute atomic E-state index is 0.349. The molecule has 1 aromatic rings. The zero-order chi connectivity index (χ0) is 17.3. The molecule has 122 valence electrons. The van der Waals surface area contributed by atoms with Crippen molar-refractivity contribution in [2.45, 2.75) is 10.8 Å². The van der Waals surface area contributed by atoms with E-state index in [9.17, 15) is 22.4 Å². The van der Waals surface area contributed by atoms with Crippen LogP contribution in [0.2, 0.25) is 0 Å². The zero-order valence-corrected chi connectivity index (χ0v) is 12.1. The summed E-state index contributed by atoms with van der Waals surface area (Å²) in [6.07, 6.45) is 0. The Morgan fingerprint density at radius 1 is 1.23 bits per heavy atom. The second kappa shape index (κ2) is 6.59. The van der Waals surface area contributed by atoms with Crippen LogP contribution in [0, 0.1) is 0 Å². The average Bonchev–Trinajstić information content (AvgIpc) is 2.35. The number of nitrogens with two attached hydrogens (primary N) is 1. The van der Waals surface area contributed by atoms with Gasteiger partial charge >= 0.3 is 17.9 Å². The number of halogens is 6. The topological polar surface area (TPSA) is 95.6 Å². The summed E-state index contributed by atoms with van der Waals surface area (Å²) in [5, 5.41) is 11.9. The van der Waals surface area contributed by atoms with Gasteiger partial charge in [0.25, 0.3) is 0 Å². The van der Waals surface area contributed by atoms with Crippen molar-refractivity contribution in [3.63, 3.8) is 0 Å². The largest absolute Gasteiger partial charge is 0.489 e. The van der Waals surface area contributed by atoms with Crippen molar-refractivity contribution in [1.82, 2.24) is 0 Å². The third-order valence-electron chi connectivity index (χ3n) is 2.52. The van der Waals surface area contributed by atoms with Crippen LogP contribution in [0.5, 0.6) is 0 Å². The molecule has 0 aromatic heterocycles. The monoisotopic (exact) mass is 362 g/mol. The lowest BCUT2D eigenvalue weighted by atomic mass is 9.75. The molecule has 0 fully saturated rings. The molecule has 0 aliphatic carbocycles. The maximum absolute atomic E-state index is 13.5. The van der Waals surface area contributed by atoms with E-state index in [2.05, 4.69) is 0 Å². The van der Waals surface area contributed by atoms with Gasteiger partial charge in [-0.25, -0.2) is 0 Å². The molecule has 0 aliphatic rings. The number of carbonyl (C=O) groups is 1. The maximum Gasteiger partial charge on any atom is 0.489 e. The van der Waals surface area contributed by atoms with E-state index in [-0.39, 0.29) is 0 Å². The van der Waals surface area contributed by atoms with Gasteiger partial charge in [-0.1, -0.05) is 6.07 Å². The number of amides is 1. The first kappa shape index (κ1) is 19.0. The highest BCUT2D eigenvalue weighted by Crippen LogP contribution is 2.40. The van der Waals surface area contributed by atoms with Gasteiger partial charge in [0.15, 0.2) is 0 Å². The summed E-state index contributed by atoms with van der Waals surface area (Å²) >= 11 is 9.64. The minimum Gasteiger partial charge on any atom is -0.423 e. The highest BCUT2D eigenvalue weighted by molar-refractivity contribution is 6.60. The van der Waals surface area contributed by atoms with Crippen LogP contribution < -0.4 is 16.5 Å². The zero-order valence-electron chi connectivity index (χ0n) is 10.6. The molecule has 1 amide bonds. The second-order valence-electron chi connectivity index (χ2n) is 4.11. The number of rotatable bonds is 5. The van der Waals surface area contributed by atoms with Crippen molar-refractivity contribution >= 4 is 47.4 Å². The highest BCUT2D eigenvalue weighted by atomic mass is 35.5. The summed E-state index contributed by atoms with van der Waals surface area (Å²) in [6, 6.07) is 0.791. The van der Waals surface area contributed by atoms with Crippen molar-refractivity contribution in [2.24, 2.45) is 5.73 Å². The fraction of sp³-hybridized carbons (Fsp3) is 0.300. The molecule has 12 heteroatoms. The summed E-state index contributed by atoms with van der Waals surface area (Å²) < 4.78 is 53.3. The number of hydrogen-bond donors (Lipinski definition) is 4. The van der Waals surface area contributed by atoms with Gasteiger partial charge in [0, 0.05) is 5.56 Å². The Kier molecular flexibility index (Phi) is 5.69. The molecule has 5 nitrogen and oxygen atoms in total. The van der Waals surface area contributed by atoms with Crippen molar-refractivity contribution in [2.75, 3.05) is 11.9 Å². The van der Waals surface area contributed by atoms with Crippen LogP contribution in [0.4, 0.5) is 23.2 Å². The fourth-order valence-corrected chi connectivity index (χ4v) is 1.97. The van der Waals surface area contributed by atoms with Gasteiger partial charge in [0.2, 0.25) is 5.91 Å². The molecule has 0 radical (unpaired) electrons. The number of benzene rings is 1. The Labute approximate surface area is 132 Å². The lowest BCUT2D eigenvalue weighted by molar-refractivity contribution is -0.114. The first-order valence-electron chi connectivity index (χ1n) is 5.56. The molecule has 0 aliphatic heterocycles. The van der Waals surface area contributed by atoms with Gasteiger partial charge in [-0.2, -0.15) is 17.6 Å². The second-order valence-corrected chi connectivity index (χ2v) is 5.06. The maximum atomic E-state index is 13.5. The Balaban J connectivity index is 3.67. The fourth-order valence-electron chi connectivity index (χ4n) is 1.65. The van der Waals surface area contributed by atoms with Gasteiger partial charge in [-0.05, 0) is 34.7 Å². The third kappa shape index (κ3) is 4.46. The molecule has 0 saturated carbocycles. The Morgan fingerprint density at radius 3 is 2.14 bits per heavy atom. The van der Waals surface area contributed by atoms with E-state index >= 15 is 0 Å². The average molecular weight is 363 g/mol. The van der Waals surface area contributed by atoms with Gasteiger partial charge in [0.05, 0.1) is 17.8 Å². The predicted octanol–water partition coefficient (Wildman–Crippen LogP) is 0.840. The van der Waals surface area contributed by atoms with Crippen molar-refractivity contribution in [1.29, 1.82) is 0 Å². The van der Waals surface area contributed by atoms with Crippen LogP contribution in [0.25, 0.3) is 0 Å². The van der Waals surface area contributed by atoms with Gasteiger partial charge in [0.1, 0.15) is 0 Å². The molecule has 0 heterocycles. The third-order valence-corrected chi connectivity index (χ3v) is 2.92. The summed E-state index contributed by atoms with van der Waals surface area (Å²) in [7, 11) is -2.56. The summed E-state index contributed by atoms with van der Waals surface area (Å²) in [5.41, 5.74) is 0.793. The van der Waals surface area contributed by atoms with Crippen molar-refractivity contribution in [3.05, 3.63) is 23.3 Å². The van der Waals surface area contributed by atoms with Crippen LogP contribution in [-0.2, 0) is 15.6 Å². The van der Waals surface area contributed by atoms with Gasteiger partial charge in [-0.15, -0.1) is 0 Å². The summed E-state index contributed by atoms with van der Waals surface area (Å²) in [5.74, 6) is -0.990. The van der Waals surface area contributed by atoms with Crippen LogP contribution in [0.1, 0.15) is 11.1 Å². The molecule has 22 heavy (non-hydrogen) atoms. The molecule has 1 rings (SSSR count). The van der Waals surface area contributed by atoms with E-state index in [1.54, 1.807) is 0 Å². The quantitative estimate of drug-likeness (QED) is 0.354. The molecule has 0 bridgehead atoms. The Morgan fingerprint density at radius 2 is 1.77 bits per heavy atom. The van der Waals surface area contributed by atoms with Gasteiger partial charge in [-0.3, -0.25) is 4.79 Å². The summed E-state index contributed by atoms with van der Waals surface area (Å²) in [4.78, 5) is 11.2. The van der Waals surface area contributed by atoms with Crippen LogP contribution in [-0.4, -0.2) is 29.6 Å². The first-order valence-corrected chi connectivity index (χ1v) is 6.32. The lowest BCUT2D eigenvalue weighted by Gasteiger charge is -2.21. The molecule has 1 aromatic carbocycles. The van der Waals surface area contributed by atoms with E-state index in [0.717, 1.165) is 0 Å². The number of hydrogen-bond acceptors (Lipinski definition) is 4. The molecule has 5 N–H and O–H groups in total. The SMILES string of the molecule is NCC(=O)Nc1cc(C(F)(F)Cl)cc(B(O)O)c1C(F)(F)Cl. The van der Waals surface area contributed by atoms with Gasteiger partial charge < -0.3 is 21.1 Å². The van der Waals surface area contributed by atoms with E-state index in [1.165, 1.54) is 0 Å².